The molecule has 2 rings (SSSR count). The Bertz CT molecular complexity index is 601. The standard InChI is InChI=1S/C21H32N2O3S/c1-23(17-10-6-4-3-5-7-11-17)21(25)18-12-8-9-13-19(18)27-16-20(24)22-14-15-26-2/h8-9,12-13,17H,3-7,10-11,14-16H2,1-2H3,(H,22,24). The van der Waals surface area contributed by atoms with E-state index >= 15 is 0 Å². The molecule has 0 unspecified atom stereocenters. The zero-order valence-corrected chi connectivity index (χ0v) is 17.4. The fraction of sp³-hybridized carbons (Fsp3) is 0.619. The lowest BCUT2D eigenvalue weighted by Gasteiger charge is -2.30. The van der Waals surface area contributed by atoms with E-state index in [0.29, 0.717) is 30.5 Å². The highest BCUT2D eigenvalue weighted by molar-refractivity contribution is 8.00. The Morgan fingerprint density at radius 2 is 1.81 bits per heavy atom. The van der Waals surface area contributed by atoms with E-state index < -0.39 is 0 Å². The van der Waals surface area contributed by atoms with Crippen molar-refractivity contribution < 1.29 is 14.3 Å². The second-order valence-electron chi connectivity index (χ2n) is 7.04. The summed E-state index contributed by atoms with van der Waals surface area (Å²) in [7, 11) is 3.53. The number of nitrogens with one attached hydrogen (secondary N) is 1. The number of ether oxygens (including phenoxy) is 1. The van der Waals surface area contributed by atoms with Crippen molar-refractivity contribution in [3.05, 3.63) is 29.8 Å². The van der Waals surface area contributed by atoms with Crippen LogP contribution < -0.4 is 5.32 Å². The number of thioether (sulfide) groups is 1. The van der Waals surface area contributed by atoms with E-state index in [1.807, 2.05) is 36.2 Å². The van der Waals surface area contributed by atoms with Crippen molar-refractivity contribution in [2.45, 2.75) is 55.9 Å². The molecule has 1 aliphatic rings. The van der Waals surface area contributed by atoms with E-state index in [-0.39, 0.29) is 11.8 Å². The van der Waals surface area contributed by atoms with Crippen LogP contribution in [0.25, 0.3) is 0 Å². The molecule has 0 aliphatic heterocycles. The number of hydrogen-bond donors (Lipinski definition) is 1. The predicted molar refractivity (Wildman–Crippen MR) is 110 cm³/mol. The minimum absolute atomic E-state index is 0.0484. The maximum atomic E-state index is 13.1. The number of carbonyl (C=O) groups excluding carboxylic acids is 2. The Balaban J connectivity index is 1.98. The molecule has 1 aliphatic carbocycles. The van der Waals surface area contributed by atoms with Gasteiger partial charge in [0, 0.05) is 31.6 Å². The number of rotatable bonds is 8. The van der Waals surface area contributed by atoms with Gasteiger partial charge in [0.05, 0.1) is 17.9 Å². The van der Waals surface area contributed by atoms with Gasteiger partial charge in [-0.1, -0.05) is 44.2 Å². The van der Waals surface area contributed by atoms with Gasteiger partial charge in [-0.25, -0.2) is 0 Å². The molecule has 6 heteroatoms. The Labute approximate surface area is 167 Å². The van der Waals surface area contributed by atoms with Gasteiger partial charge in [-0.3, -0.25) is 9.59 Å². The number of nitrogens with zero attached hydrogens (tertiary/aromatic N) is 1. The number of carbonyl (C=O) groups is 2. The Kier molecular flexibility index (Phi) is 9.70. The van der Waals surface area contributed by atoms with Crippen LogP contribution in [0.3, 0.4) is 0 Å². The van der Waals surface area contributed by atoms with Crippen LogP contribution in [0.2, 0.25) is 0 Å². The first-order valence-corrected chi connectivity index (χ1v) is 10.9. The van der Waals surface area contributed by atoms with Gasteiger partial charge in [0.15, 0.2) is 0 Å². The van der Waals surface area contributed by atoms with Gasteiger partial charge in [0.25, 0.3) is 5.91 Å². The Morgan fingerprint density at radius 3 is 2.52 bits per heavy atom. The highest BCUT2D eigenvalue weighted by atomic mass is 32.2. The van der Waals surface area contributed by atoms with E-state index in [9.17, 15) is 9.59 Å². The van der Waals surface area contributed by atoms with Crippen molar-refractivity contribution in [1.82, 2.24) is 10.2 Å². The Hall–Kier alpha value is -1.53. The van der Waals surface area contributed by atoms with E-state index in [4.69, 9.17) is 4.74 Å². The lowest BCUT2D eigenvalue weighted by molar-refractivity contribution is -0.118. The third-order valence-electron chi connectivity index (χ3n) is 5.05. The summed E-state index contributed by atoms with van der Waals surface area (Å²) in [6.45, 7) is 0.999. The summed E-state index contributed by atoms with van der Waals surface area (Å²) in [6.07, 6.45) is 8.40. The molecule has 0 spiro atoms. The quantitative estimate of drug-likeness (QED) is 0.541. The molecule has 0 aromatic heterocycles. The zero-order valence-electron chi connectivity index (χ0n) is 16.5. The van der Waals surface area contributed by atoms with Gasteiger partial charge in [-0.15, -0.1) is 11.8 Å². The van der Waals surface area contributed by atoms with Gasteiger partial charge in [0.1, 0.15) is 0 Å². The predicted octanol–water partition coefficient (Wildman–Crippen LogP) is 3.73. The van der Waals surface area contributed by atoms with Crippen molar-refractivity contribution in [3.63, 3.8) is 0 Å². The summed E-state index contributed by atoms with van der Waals surface area (Å²) in [6, 6.07) is 7.91. The molecule has 0 atom stereocenters. The van der Waals surface area contributed by atoms with Crippen LogP contribution in [0.15, 0.2) is 29.2 Å². The number of methoxy groups -OCH3 is 1. The molecule has 0 saturated heterocycles. The minimum Gasteiger partial charge on any atom is -0.383 e. The molecule has 5 nitrogen and oxygen atoms in total. The summed E-state index contributed by atoms with van der Waals surface area (Å²) >= 11 is 1.41. The first-order chi connectivity index (χ1) is 13.1. The third-order valence-corrected chi connectivity index (χ3v) is 6.12. The molecular weight excluding hydrogens is 360 g/mol. The Morgan fingerprint density at radius 1 is 1.15 bits per heavy atom. The van der Waals surface area contributed by atoms with Crippen LogP contribution in [0.5, 0.6) is 0 Å². The first kappa shape index (κ1) is 21.8. The van der Waals surface area contributed by atoms with E-state index in [1.165, 1.54) is 43.9 Å². The topological polar surface area (TPSA) is 58.6 Å². The van der Waals surface area contributed by atoms with Gasteiger partial charge < -0.3 is 15.0 Å². The van der Waals surface area contributed by atoms with Crippen LogP contribution in [0.4, 0.5) is 0 Å². The molecule has 0 bridgehead atoms. The van der Waals surface area contributed by atoms with Crippen LogP contribution in [-0.4, -0.2) is 55.8 Å². The number of benzene rings is 1. The van der Waals surface area contributed by atoms with Crippen molar-refractivity contribution in [2.75, 3.05) is 33.1 Å². The maximum absolute atomic E-state index is 13.1. The monoisotopic (exact) mass is 392 g/mol. The molecule has 0 heterocycles. The van der Waals surface area contributed by atoms with Crippen LogP contribution in [-0.2, 0) is 9.53 Å². The third kappa shape index (κ3) is 7.18. The molecular formula is C21H32N2O3S. The van der Waals surface area contributed by atoms with Gasteiger partial charge in [-0.05, 0) is 25.0 Å². The SMILES string of the molecule is COCCNC(=O)CSc1ccccc1C(=O)N(C)C1CCCCCCC1. The van der Waals surface area contributed by atoms with Crippen LogP contribution >= 0.6 is 11.8 Å². The molecule has 0 radical (unpaired) electrons. The van der Waals surface area contributed by atoms with Gasteiger partial charge in [0.2, 0.25) is 5.91 Å². The average Bonchev–Trinajstić information content (AvgIpc) is 2.65. The highest BCUT2D eigenvalue weighted by Crippen LogP contribution is 2.26. The van der Waals surface area contributed by atoms with E-state index in [2.05, 4.69) is 5.32 Å². The van der Waals surface area contributed by atoms with Crippen LogP contribution in [0.1, 0.15) is 55.3 Å². The second kappa shape index (κ2) is 12.0. The average molecular weight is 393 g/mol. The number of hydrogen-bond acceptors (Lipinski definition) is 4. The molecule has 1 aromatic rings. The fourth-order valence-electron chi connectivity index (χ4n) is 3.43. The summed E-state index contributed by atoms with van der Waals surface area (Å²) in [4.78, 5) is 27.8. The molecule has 1 saturated carbocycles. The maximum Gasteiger partial charge on any atom is 0.254 e. The largest absolute Gasteiger partial charge is 0.383 e. The smallest absolute Gasteiger partial charge is 0.254 e. The van der Waals surface area contributed by atoms with Crippen molar-refractivity contribution >= 4 is 23.6 Å². The fourth-order valence-corrected chi connectivity index (χ4v) is 4.31. The first-order valence-electron chi connectivity index (χ1n) is 9.88. The number of amides is 2. The molecule has 150 valence electrons. The van der Waals surface area contributed by atoms with Gasteiger partial charge >= 0.3 is 0 Å². The summed E-state index contributed by atoms with van der Waals surface area (Å²) in [5, 5.41) is 2.81. The highest BCUT2D eigenvalue weighted by Gasteiger charge is 2.23. The summed E-state index contributed by atoms with van der Waals surface area (Å²) in [5.41, 5.74) is 0.691. The van der Waals surface area contributed by atoms with E-state index in [0.717, 1.165) is 17.7 Å². The molecule has 27 heavy (non-hydrogen) atoms. The van der Waals surface area contributed by atoms with Crippen molar-refractivity contribution in [2.24, 2.45) is 0 Å². The van der Waals surface area contributed by atoms with Gasteiger partial charge in [-0.2, -0.15) is 0 Å². The molecule has 1 N–H and O–H groups in total. The van der Waals surface area contributed by atoms with E-state index in [1.54, 1.807) is 7.11 Å². The molecule has 2 amide bonds. The minimum atomic E-state index is -0.0484. The molecule has 1 aromatic carbocycles. The zero-order chi connectivity index (χ0) is 19.5. The lowest BCUT2D eigenvalue weighted by Crippen LogP contribution is -2.37. The summed E-state index contributed by atoms with van der Waals surface area (Å²) < 4.78 is 4.93. The molecule has 1 fully saturated rings. The second-order valence-corrected chi connectivity index (χ2v) is 8.06. The van der Waals surface area contributed by atoms with Crippen LogP contribution in [0, 0.1) is 0 Å². The lowest BCUT2D eigenvalue weighted by atomic mass is 9.95. The van der Waals surface area contributed by atoms with Crippen molar-refractivity contribution in [3.8, 4) is 0 Å². The normalized spacial score (nSPS) is 15.6. The van der Waals surface area contributed by atoms with Crippen molar-refractivity contribution in [1.29, 1.82) is 0 Å². The summed E-state index contributed by atoms with van der Waals surface area (Å²) in [5.74, 6) is 0.303.